The summed E-state index contributed by atoms with van der Waals surface area (Å²) in [6.45, 7) is 4.05. The minimum absolute atomic E-state index is 0.326. The number of nitrogens with one attached hydrogen (secondary N) is 2. The third-order valence-electron chi connectivity index (χ3n) is 4.36. The van der Waals surface area contributed by atoms with Crippen LogP contribution in [0.3, 0.4) is 0 Å². The zero-order valence-electron chi connectivity index (χ0n) is 19.3. The molecule has 0 fully saturated rings. The van der Waals surface area contributed by atoms with Gasteiger partial charge in [0.15, 0.2) is 18.1 Å². The van der Waals surface area contributed by atoms with Crippen molar-refractivity contribution in [2.24, 2.45) is 0 Å². The van der Waals surface area contributed by atoms with E-state index in [2.05, 4.69) is 10.0 Å². The molecule has 0 spiro atoms. The minimum atomic E-state index is -3.82. The number of sulfonamides is 1. The Balaban J connectivity index is 1.70. The molecule has 0 aliphatic rings. The SMILES string of the molecule is CCOc1ccc(CCNC(=O)COC(=O)CNS(=O)(=O)/C=C/c2ccccc2)cc1OCC. The highest BCUT2D eigenvalue weighted by atomic mass is 32.2. The maximum Gasteiger partial charge on any atom is 0.321 e. The number of carbonyl (C=O) groups excluding carboxylic acids is 2. The van der Waals surface area contributed by atoms with Crippen LogP contribution in [0.1, 0.15) is 25.0 Å². The minimum Gasteiger partial charge on any atom is -0.490 e. The van der Waals surface area contributed by atoms with E-state index in [1.165, 1.54) is 6.08 Å². The molecule has 2 aromatic rings. The van der Waals surface area contributed by atoms with Gasteiger partial charge in [0.05, 0.1) is 13.2 Å². The van der Waals surface area contributed by atoms with Gasteiger partial charge in [0.1, 0.15) is 6.54 Å². The lowest BCUT2D eigenvalue weighted by Crippen LogP contribution is -2.34. The molecule has 0 aromatic heterocycles. The molecule has 0 unspecified atom stereocenters. The van der Waals surface area contributed by atoms with E-state index in [4.69, 9.17) is 14.2 Å². The summed E-state index contributed by atoms with van der Waals surface area (Å²) < 4.78 is 41.9. The lowest BCUT2D eigenvalue weighted by Gasteiger charge is -2.12. The van der Waals surface area contributed by atoms with Crippen LogP contribution < -0.4 is 19.5 Å². The smallest absolute Gasteiger partial charge is 0.321 e. The molecule has 0 aliphatic heterocycles. The van der Waals surface area contributed by atoms with Crippen molar-refractivity contribution in [3.8, 4) is 11.5 Å². The van der Waals surface area contributed by atoms with E-state index in [1.807, 2.05) is 38.1 Å². The van der Waals surface area contributed by atoms with E-state index in [-0.39, 0.29) is 0 Å². The summed E-state index contributed by atoms with van der Waals surface area (Å²) in [5.74, 6) is -0.0470. The third-order valence-corrected chi connectivity index (χ3v) is 5.41. The first kappa shape index (κ1) is 26.9. The van der Waals surface area contributed by atoms with Crippen LogP contribution in [-0.2, 0) is 30.8 Å². The molecule has 0 radical (unpaired) electrons. The van der Waals surface area contributed by atoms with E-state index in [1.54, 1.807) is 24.3 Å². The summed E-state index contributed by atoms with van der Waals surface area (Å²) in [5, 5.41) is 3.61. The molecular formula is C24H30N2O7S. The second-order valence-electron chi connectivity index (χ2n) is 6.99. The quantitative estimate of drug-likeness (QED) is 0.390. The maximum atomic E-state index is 11.9. The molecule has 0 atom stereocenters. The summed E-state index contributed by atoms with van der Waals surface area (Å²) in [4.78, 5) is 23.7. The van der Waals surface area contributed by atoms with Gasteiger partial charge >= 0.3 is 5.97 Å². The van der Waals surface area contributed by atoms with Crippen molar-refractivity contribution in [2.75, 3.05) is 32.9 Å². The third kappa shape index (κ3) is 10.1. The van der Waals surface area contributed by atoms with Crippen LogP contribution in [0.2, 0.25) is 0 Å². The molecule has 0 heterocycles. The van der Waals surface area contributed by atoms with Gasteiger partial charge in [-0.15, -0.1) is 0 Å². The Morgan fingerprint density at radius 1 is 0.971 bits per heavy atom. The summed E-state index contributed by atoms with van der Waals surface area (Å²) in [6, 6.07) is 14.4. The predicted molar refractivity (Wildman–Crippen MR) is 129 cm³/mol. The zero-order chi connectivity index (χ0) is 24.8. The van der Waals surface area contributed by atoms with Crippen LogP contribution in [0.4, 0.5) is 0 Å². The van der Waals surface area contributed by atoms with Crippen LogP contribution in [0.5, 0.6) is 11.5 Å². The van der Waals surface area contributed by atoms with Crippen LogP contribution >= 0.6 is 0 Å². The van der Waals surface area contributed by atoms with Gasteiger partial charge in [0.2, 0.25) is 10.0 Å². The lowest BCUT2D eigenvalue weighted by atomic mass is 10.1. The van der Waals surface area contributed by atoms with E-state index >= 15 is 0 Å². The van der Waals surface area contributed by atoms with Crippen molar-refractivity contribution in [3.05, 3.63) is 65.1 Å². The van der Waals surface area contributed by atoms with E-state index in [0.29, 0.717) is 43.2 Å². The molecule has 0 aliphatic carbocycles. The fraction of sp³-hybridized carbons (Fsp3) is 0.333. The molecule has 10 heteroatoms. The van der Waals surface area contributed by atoms with Crippen molar-refractivity contribution in [2.45, 2.75) is 20.3 Å². The van der Waals surface area contributed by atoms with Crippen molar-refractivity contribution >= 4 is 28.0 Å². The van der Waals surface area contributed by atoms with Crippen LogP contribution in [0, 0.1) is 0 Å². The van der Waals surface area contributed by atoms with Crippen LogP contribution in [0.15, 0.2) is 53.9 Å². The Hall–Kier alpha value is -3.37. The van der Waals surface area contributed by atoms with Gasteiger partial charge in [-0.2, -0.15) is 0 Å². The number of rotatable bonds is 14. The van der Waals surface area contributed by atoms with Crippen LogP contribution in [0.25, 0.3) is 6.08 Å². The Kier molecular flexibility index (Phi) is 11.1. The predicted octanol–water partition coefficient (Wildman–Crippen LogP) is 2.28. The number of hydrogen-bond acceptors (Lipinski definition) is 7. The highest BCUT2D eigenvalue weighted by molar-refractivity contribution is 7.92. The molecule has 1 amide bonds. The van der Waals surface area contributed by atoms with Gasteiger partial charge < -0.3 is 19.5 Å². The molecule has 2 N–H and O–H groups in total. The Morgan fingerprint density at radius 2 is 1.68 bits per heavy atom. The topological polar surface area (TPSA) is 120 Å². The summed E-state index contributed by atoms with van der Waals surface area (Å²) >= 11 is 0. The number of esters is 1. The number of benzene rings is 2. The van der Waals surface area contributed by atoms with Crippen molar-refractivity contribution in [3.63, 3.8) is 0 Å². The second kappa shape index (κ2) is 14.0. The number of amides is 1. The van der Waals surface area contributed by atoms with Gasteiger partial charge in [0, 0.05) is 12.0 Å². The summed E-state index contributed by atoms with van der Waals surface area (Å²) in [7, 11) is -3.82. The van der Waals surface area contributed by atoms with Gasteiger partial charge in [-0.3, -0.25) is 9.59 Å². The van der Waals surface area contributed by atoms with Crippen LogP contribution in [-0.4, -0.2) is 53.2 Å². The lowest BCUT2D eigenvalue weighted by molar-refractivity contribution is -0.147. The highest BCUT2D eigenvalue weighted by Gasteiger charge is 2.12. The normalized spacial score (nSPS) is 11.2. The molecule has 34 heavy (non-hydrogen) atoms. The van der Waals surface area contributed by atoms with Crippen molar-refractivity contribution < 1.29 is 32.2 Å². The first-order valence-electron chi connectivity index (χ1n) is 10.9. The monoisotopic (exact) mass is 490 g/mol. The second-order valence-corrected chi connectivity index (χ2v) is 8.64. The molecule has 0 saturated carbocycles. The molecular weight excluding hydrogens is 460 g/mol. The zero-order valence-corrected chi connectivity index (χ0v) is 20.1. The van der Waals surface area contributed by atoms with Gasteiger partial charge in [-0.25, -0.2) is 13.1 Å². The largest absolute Gasteiger partial charge is 0.490 e. The molecule has 2 rings (SSSR count). The average molecular weight is 491 g/mol. The highest BCUT2D eigenvalue weighted by Crippen LogP contribution is 2.28. The summed E-state index contributed by atoms with van der Waals surface area (Å²) in [5.41, 5.74) is 1.65. The van der Waals surface area contributed by atoms with Gasteiger partial charge in [-0.05, 0) is 49.6 Å². The van der Waals surface area contributed by atoms with Crippen molar-refractivity contribution in [1.29, 1.82) is 0 Å². The molecule has 184 valence electrons. The fourth-order valence-electron chi connectivity index (χ4n) is 2.79. The van der Waals surface area contributed by atoms with E-state index < -0.39 is 35.1 Å². The molecule has 0 saturated heterocycles. The van der Waals surface area contributed by atoms with Gasteiger partial charge in [0.25, 0.3) is 5.91 Å². The standard InChI is InChI=1S/C24H30N2O7S/c1-3-31-21-11-10-20(16-22(21)32-4-2)12-14-25-23(27)18-33-24(28)17-26-34(29,30)15-13-19-8-6-5-7-9-19/h5-11,13,15-16,26H,3-4,12,14,17-18H2,1-2H3,(H,25,27)/b15-13+. The Bertz CT molecular complexity index is 1070. The van der Waals surface area contributed by atoms with E-state index in [9.17, 15) is 18.0 Å². The maximum absolute atomic E-state index is 11.9. The number of carbonyl (C=O) groups is 2. The number of ether oxygens (including phenoxy) is 3. The number of hydrogen-bond donors (Lipinski definition) is 2. The Labute approximate surface area is 200 Å². The molecule has 9 nitrogen and oxygen atoms in total. The fourth-order valence-corrected chi connectivity index (χ4v) is 3.54. The summed E-state index contributed by atoms with van der Waals surface area (Å²) in [6.07, 6.45) is 1.95. The van der Waals surface area contributed by atoms with E-state index in [0.717, 1.165) is 11.0 Å². The van der Waals surface area contributed by atoms with Gasteiger partial charge in [-0.1, -0.05) is 36.4 Å². The average Bonchev–Trinajstić information content (AvgIpc) is 2.83. The Morgan fingerprint density at radius 3 is 2.38 bits per heavy atom. The molecule has 2 aromatic carbocycles. The first-order chi connectivity index (χ1) is 16.3. The molecule has 0 bridgehead atoms. The van der Waals surface area contributed by atoms with Crippen molar-refractivity contribution in [1.82, 2.24) is 10.0 Å². The first-order valence-corrected chi connectivity index (χ1v) is 12.4.